The van der Waals surface area contributed by atoms with Gasteiger partial charge in [0.15, 0.2) is 11.6 Å². The van der Waals surface area contributed by atoms with Gasteiger partial charge in [0.25, 0.3) is 0 Å². The molecule has 0 radical (unpaired) electrons. The van der Waals surface area contributed by atoms with Crippen LogP contribution in [0.5, 0.6) is 0 Å². The van der Waals surface area contributed by atoms with Crippen molar-refractivity contribution in [3.8, 4) is 0 Å². The molecule has 6 saturated carbocycles. The topological polar surface area (TPSA) is 35.5 Å². The number of carbonyl (C=O) groups excluding carboxylic acids is 1. The maximum atomic E-state index is 12.5. The molecular weight excluding hydrogens is 352 g/mol. The van der Waals surface area contributed by atoms with Crippen molar-refractivity contribution in [2.24, 2.45) is 35.5 Å². The zero-order valence-electron chi connectivity index (χ0n) is 8.86. The van der Waals surface area contributed by atoms with Crippen molar-refractivity contribution >= 4 is 37.6 Å². The van der Waals surface area contributed by atoms with E-state index in [-0.39, 0.29) is 14.6 Å². The number of alkyl halides is 2. The van der Waals surface area contributed by atoms with Crippen molar-refractivity contribution < 1.29 is 14.3 Å². The number of rotatable bonds is 0. The van der Waals surface area contributed by atoms with Crippen LogP contribution in [0.3, 0.4) is 0 Å². The Morgan fingerprint density at radius 1 is 1.00 bits per heavy atom. The fourth-order valence-corrected chi connectivity index (χ4v) is 9.62. The molecule has 0 aromatic rings. The Labute approximate surface area is 115 Å². The largest absolute Gasteiger partial charge is 0.346 e. The predicted octanol–water partition coefficient (Wildman–Crippen LogP) is 1.33. The fourth-order valence-electron chi connectivity index (χ4n) is 6.58. The van der Waals surface area contributed by atoms with E-state index in [1.165, 1.54) is 0 Å². The van der Waals surface area contributed by atoms with Gasteiger partial charge in [0, 0.05) is 11.8 Å². The van der Waals surface area contributed by atoms with Crippen LogP contribution < -0.4 is 0 Å². The second-order valence-electron chi connectivity index (χ2n) is 6.42. The molecule has 4 bridgehead atoms. The van der Waals surface area contributed by atoms with Gasteiger partial charge in [-0.3, -0.25) is 4.79 Å². The zero-order chi connectivity index (χ0) is 11.4. The summed E-state index contributed by atoms with van der Waals surface area (Å²) in [6.45, 7) is 1.35. The number of Topliss-reactive ketones (excluding diaryl/α,β-unsaturated/α-hetero) is 1. The molecule has 17 heavy (non-hydrogen) atoms. The van der Waals surface area contributed by atoms with E-state index in [0.717, 1.165) is 0 Å². The highest BCUT2D eigenvalue weighted by molar-refractivity contribution is 9.10. The minimum atomic E-state index is -0.476. The maximum Gasteiger partial charge on any atom is 0.188 e. The van der Waals surface area contributed by atoms with Crippen LogP contribution in [0.4, 0.5) is 0 Å². The van der Waals surface area contributed by atoms with Gasteiger partial charge in [-0.25, -0.2) is 0 Å². The first-order valence-electron chi connectivity index (χ1n) is 6.30. The van der Waals surface area contributed by atoms with Gasteiger partial charge >= 0.3 is 0 Å². The molecule has 8 atom stereocenters. The van der Waals surface area contributed by atoms with Crippen molar-refractivity contribution in [1.29, 1.82) is 0 Å². The van der Waals surface area contributed by atoms with Gasteiger partial charge in [0.05, 0.1) is 21.9 Å². The van der Waals surface area contributed by atoms with Crippen molar-refractivity contribution in [2.45, 2.75) is 14.4 Å². The Morgan fingerprint density at radius 3 is 2.24 bits per heavy atom. The van der Waals surface area contributed by atoms with E-state index < -0.39 is 5.79 Å². The van der Waals surface area contributed by atoms with Gasteiger partial charge in [-0.1, -0.05) is 31.9 Å². The third-order valence-corrected chi connectivity index (χ3v) is 9.69. The lowest BCUT2D eigenvalue weighted by atomic mass is 9.40. The summed E-state index contributed by atoms with van der Waals surface area (Å²) in [6.07, 6.45) is 0. The van der Waals surface area contributed by atoms with E-state index in [9.17, 15) is 4.79 Å². The summed E-state index contributed by atoms with van der Waals surface area (Å²) < 4.78 is 11.8. The molecule has 1 saturated heterocycles. The molecule has 7 aliphatic rings. The first-order valence-corrected chi connectivity index (χ1v) is 7.89. The van der Waals surface area contributed by atoms with E-state index in [1.54, 1.807) is 0 Å². The van der Waals surface area contributed by atoms with Crippen LogP contribution >= 0.6 is 31.9 Å². The highest BCUT2D eigenvalue weighted by Crippen LogP contribution is 2.96. The van der Waals surface area contributed by atoms with Gasteiger partial charge in [-0.15, -0.1) is 0 Å². The number of halogens is 2. The summed E-state index contributed by atoms with van der Waals surface area (Å²) in [5.74, 6) is 2.50. The van der Waals surface area contributed by atoms with Gasteiger partial charge in [-0.05, 0) is 23.7 Å². The standard InChI is InChI=1S/C12H10Br2O3/c13-10-6-4-3(9(10)15)5-7(10)8(6)11(4,14)12(5)16-1-2-17-12/h3-8H,1-2H2/t3-,4-,5+,6-,7-,8?,10-,11+/m0/s1. The Bertz CT molecular complexity index is 516. The van der Waals surface area contributed by atoms with Crippen LogP contribution in [0.25, 0.3) is 0 Å². The molecule has 1 aliphatic heterocycles. The lowest BCUT2D eigenvalue weighted by Gasteiger charge is -2.69. The molecule has 7 fully saturated rings. The van der Waals surface area contributed by atoms with E-state index >= 15 is 0 Å². The molecule has 1 spiro atoms. The molecule has 0 amide bonds. The minimum absolute atomic E-state index is 0.0510. The minimum Gasteiger partial charge on any atom is -0.346 e. The third kappa shape index (κ3) is 0.514. The molecule has 7 rings (SSSR count). The predicted molar refractivity (Wildman–Crippen MR) is 63.9 cm³/mol. The second kappa shape index (κ2) is 2.11. The van der Waals surface area contributed by atoms with Crippen LogP contribution in [0.15, 0.2) is 0 Å². The first kappa shape index (κ1) is 9.45. The van der Waals surface area contributed by atoms with Crippen molar-refractivity contribution in [1.82, 2.24) is 0 Å². The SMILES string of the molecule is O=C1[C@@H]2[C@@H]3[C@H]4C5[C@H]([C@H]2[C@]5(Br)C32OCCO2)[C@@]14Br. The maximum absolute atomic E-state index is 12.5. The van der Waals surface area contributed by atoms with Gasteiger partial charge < -0.3 is 9.47 Å². The summed E-state index contributed by atoms with van der Waals surface area (Å²) in [5.41, 5.74) is 0. The molecular formula is C12H10Br2O3. The Morgan fingerprint density at radius 2 is 1.65 bits per heavy atom. The van der Waals surface area contributed by atoms with Crippen molar-refractivity contribution in [3.05, 3.63) is 0 Å². The van der Waals surface area contributed by atoms with E-state index in [1.807, 2.05) is 0 Å². The molecule has 6 aliphatic carbocycles. The molecule has 1 heterocycles. The summed E-state index contributed by atoms with van der Waals surface area (Å²) in [4.78, 5) is 12.5. The van der Waals surface area contributed by atoms with Crippen LogP contribution in [0.2, 0.25) is 0 Å². The van der Waals surface area contributed by atoms with Crippen LogP contribution in [-0.2, 0) is 14.3 Å². The summed E-state index contributed by atoms with van der Waals surface area (Å²) in [7, 11) is 0. The second-order valence-corrected chi connectivity index (χ2v) is 9.04. The molecule has 0 aromatic heterocycles. The van der Waals surface area contributed by atoms with E-state index in [4.69, 9.17) is 9.47 Å². The van der Waals surface area contributed by atoms with Gasteiger partial charge in [0.1, 0.15) is 0 Å². The molecule has 0 aromatic carbocycles. The average molecular weight is 362 g/mol. The number of carbonyl (C=O) groups is 1. The smallest absolute Gasteiger partial charge is 0.188 e. The Balaban J connectivity index is 1.69. The number of hydrogen-bond donors (Lipinski definition) is 0. The normalized spacial score (nSPS) is 74.6. The zero-order valence-corrected chi connectivity index (χ0v) is 12.0. The Kier molecular flexibility index (Phi) is 1.17. The van der Waals surface area contributed by atoms with Crippen LogP contribution in [-0.4, -0.2) is 33.4 Å². The summed E-state index contributed by atoms with van der Waals surface area (Å²) >= 11 is 7.73. The van der Waals surface area contributed by atoms with Crippen LogP contribution in [0, 0.1) is 35.5 Å². The monoisotopic (exact) mass is 360 g/mol. The lowest BCUT2D eigenvalue weighted by Crippen LogP contribution is -2.75. The fraction of sp³-hybridized carbons (Fsp3) is 0.917. The molecule has 90 valence electrons. The third-order valence-electron chi connectivity index (χ3n) is 6.63. The van der Waals surface area contributed by atoms with E-state index in [0.29, 0.717) is 48.6 Å². The van der Waals surface area contributed by atoms with E-state index in [2.05, 4.69) is 31.9 Å². The molecule has 1 unspecified atom stereocenters. The molecule has 0 N–H and O–H groups in total. The highest BCUT2D eigenvalue weighted by Gasteiger charge is 3.04. The average Bonchev–Trinajstić information content (AvgIpc) is 2.96. The number of hydrogen-bond acceptors (Lipinski definition) is 3. The van der Waals surface area contributed by atoms with Gasteiger partial charge in [0.2, 0.25) is 0 Å². The number of ketones is 1. The summed E-state index contributed by atoms with van der Waals surface area (Å²) in [5, 5.41) is 0. The molecule has 3 nitrogen and oxygen atoms in total. The number of ether oxygens (including phenoxy) is 2. The Hall–Kier alpha value is 0.550. The van der Waals surface area contributed by atoms with Crippen molar-refractivity contribution in [2.75, 3.05) is 13.2 Å². The van der Waals surface area contributed by atoms with Crippen molar-refractivity contribution in [3.63, 3.8) is 0 Å². The van der Waals surface area contributed by atoms with Crippen LogP contribution in [0.1, 0.15) is 0 Å². The highest BCUT2D eigenvalue weighted by atomic mass is 79.9. The summed E-state index contributed by atoms with van der Waals surface area (Å²) in [6, 6.07) is 0. The quantitative estimate of drug-likeness (QED) is 0.611. The first-order chi connectivity index (χ1) is 8.10. The molecule has 5 heteroatoms. The van der Waals surface area contributed by atoms with Gasteiger partial charge in [-0.2, -0.15) is 0 Å². The lowest BCUT2D eigenvalue weighted by molar-refractivity contribution is -0.199.